The van der Waals surface area contributed by atoms with Crippen LogP contribution < -0.4 is 10.6 Å². The van der Waals surface area contributed by atoms with Gasteiger partial charge in [0.15, 0.2) is 0 Å². The minimum Gasteiger partial charge on any atom is -0.450 e. The first-order chi connectivity index (χ1) is 11.5. The molecule has 0 fully saturated rings. The van der Waals surface area contributed by atoms with E-state index in [-0.39, 0.29) is 18.9 Å². The van der Waals surface area contributed by atoms with Crippen molar-refractivity contribution in [2.75, 3.05) is 13.2 Å². The van der Waals surface area contributed by atoms with Crippen molar-refractivity contribution in [2.45, 2.75) is 20.0 Å². The van der Waals surface area contributed by atoms with E-state index in [2.05, 4.69) is 10.6 Å². The predicted molar refractivity (Wildman–Crippen MR) is 86.2 cm³/mol. The van der Waals surface area contributed by atoms with Crippen molar-refractivity contribution in [3.8, 4) is 0 Å². The monoisotopic (exact) mass is 337 g/mol. The van der Waals surface area contributed by atoms with E-state index >= 15 is 0 Å². The first-order valence-corrected chi connectivity index (χ1v) is 7.25. The summed E-state index contributed by atoms with van der Waals surface area (Å²) in [6.45, 7) is 3.64. The number of amides is 2. The van der Waals surface area contributed by atoms with E-state index in [1.54, 1.807) is 19.9 Å². The summed E-state index contributed by atoms with van der Waals surface area (Å²) in [7, 11) is 0. The largest absolute Gasteiger partial charge is 0.450 e. The Morgan fingerprint density at radius 2 is 1.79 bits per heavy atom. The van der Waals surface area contributed by atoms with E-state index in [9.17, 15) is 19.7 Å². The van der Waals surface area contributed by atoms with Crippen molar-refractivity contribution >= 4 is 23.9 Å². The van der Waals surface area contributed by atoms with Gasteiger partial charge in [-0.1, -0.05) is 18.2 Å². The number of nitrogens with zero attached hydrogens (tertiary/aromatic N) is 1. The molecule has 0 atom stereocenters. The molecule has 0 aliphatic rings. The molecule has 0 aliphatic carbocycles. The second-order valence-electron chi connectivity index (χ2n) is 4.42. The summed E-state index contributed by atoms with van der Waals surface area (Å²) in [4.78, 5) is 33.2. The van der Waals surface area contributed by atoms with E-state index in [4.69, 9.17) is 9.47 Å². The third kappa shape index (κ3) is 6.77. The number of nitrogens with one attached hydrogen (secondary N) is 2. The number of nitro groups is 1. The van der Waals surface area contributed by atoms with Crippen molar-refractivity contribution in [1.82, 2.24) is 10.6 Å². The van der Waals surface area contributed by atoms with Crippen molar-refractivity contribution in [3.05, 3.63) is 46.0 Å². The molecule has 0 spiro atoms. The van der Waals surface area contributed by atoms with Crippen LogP contribution in [0.4, 0.5) is 15.3 Å². The molecule has 0 saturated carbocycles. The summed E-state index contributed by atoms with van der Waals surface area (Å²) < 4.78 is 9.50. The Balaban J connectivity index is 2.85. The molecule has 0 unspecified atom stereocenters. The van der Waals surface area contributed by atoms with Gasteiger partial charge in [-0.2, -0.15) is 0 Å². The highest BCUT2D eigenvalue weighted by Gasteiger charge is 2.13. The number of rotatable bonds is 7. The van der Waals surface area contributed by atoms with Crippen LogP contribution in [0.3, 0.4) is 0 Å². The fourth-order valence-electron chi connectivity index (χ4n) is 1.68. The van der Waals surface area contributed by atoms with Crippen molar-refractivity contribution < 1.29 is 24.0 Å². The second-order valence-corrected chi connectivity index (χ2v) is 4.42. The van der Waals surface area contributed by atoms with Gasteiger partial charge in [0.05, 0.1) is 18.1 Å². The summed E-state index contributed by atoms with van der Waals surface area (Å²) in [6.07, 6.45) is 0.636. The molecule has 2 amide bonds. The first-order valence-electron chi connectivity index (χ1n) is 7.25. The van der Waals surface area contributed by atoms with Crippen molar-refractivity contribution in [1.29, 1.82) is 0 Å². The van der Waals surface area contributed by atoms with Crippen LogP contribution in [0.2, 0.25) is 0 Å². The molecule has 2 N–H and O–H groups in total. The summed E-state index contributed by atoms with van der Waals surface area (Å²) >= 11 is 0. The van der Waals surface area contributed by atoms with E-state index in [0.29, 0.717) is 5.56 Å². The molecule has 1 rings (SSSR count). The molecule has 0 bridgehead atoms. The summed E-state index contributed by atoms with van der Waals surface area (Å²) in [5.74, 6) is 0. The average Bonchev–Trinajstić information content (AvgIpc) is 2.53. The third-order valence-corrected chi connectivity index (χ3v) is 2.66. The number of non-ortho nitro benzene ring substituents is 1. The normalized spacial score (nSPS) is 10.5. The van der Waals surface area contributed by atoms with E-state index in [0.717, 1.165) is 0 Å². The highest BCUT2D eigenvalue weighted by Crippen LogP contribution is 2.14. The standard InChI is InChI=1S/C15H19N3O6/c1-3-23-14(19)16-13(17-15(20)24-4-2)9-8-11-6-5-7-12(10-11)18(21)22/h5-10,13H,3-4H2,1-2H3,(H,16,19)(H,17,20). The van der Waals surface area contributed by atoms with Gasteiger partial charge in [-0.25, -0.2) is 9.59 Å². The number of nitro benzene ring substituents is 1. The van der Waals surface area contributed by atoms with Crippen LogP contribution in [0, 0.1) is 10.1 Å². The molecule has 9 heteroatoms. The Kier molecular flexibility index (Phi) is 7.76. The maximum absolute atomic E-state index is 11.5. The molecule has 24 heavy (non-hydrogen) atoms. The Labute approximate surface area is 138 Å². The minimum absolute atomic E-state index is 0.0644. The highest BCUT2D eigenvalue weighted by atomic mass is 16.6. The molecule has 0 saturated heterocycles. The zero-order valence-corrected chi connectivity index (χ0v) is 13.4. The number of hydrogen-bond acceptors (Lipinski definition) is 6. The summed E-state index contributed by atoms with van der Waals surface area (Å²) in [6, 6.07) is 5.91. The van der Waals surface area contributed by atoms with Crippen LogP contribution in [-0.2, 0) is 9.47 Å². The van der Waals surface area contributed by atoms with Crippen molar-refractivity contribution in [2.24, 2.45) is 0 Å². The highest BCUT2D eigenvalue weighted by molar-refractivity contribution is 5.72. The molecule has 1 aromatic rings. The smallest absolute Gasteiger partial charge is 0.408 e. The predicted octanol–water partition coefficient (Wildman–Crippen LogP) is 2.43. The van der Waals surface area contributed by atoms with Gasteiger partial charge < -0.3 is 9.47 Å². The Morgan fingerprint density at radius 1 is 1.21 bits per heavy atom. The topological polar surface area (TPSA) is 120 Å². The number of hydrogen-bond donors (Lipinski definition) is 2. The average molecular weight is 337 g/mol. The Morgan fingerprint density at radius 3 is 2.29 bits per heavy atom. The van der Waals surface area contributed by atoms with Crippen LogP contribution in [0.15, 0.2) is 30.3 Å². The number of carbonyl (C=O) groups is 2. The van der Waals surface area contributed by atoms with E-state index in [1.165, 1.54) is 30.4 Å². The Hall–Kier alpha value is -3.10. The van der Waals surface area contributed by atoms with Crippen LogP contribution in [0.1, 0.15) is 19.4 Å². The van der Waals surface area contributed by atoms with Gasteiger partial charge in [0, 0.05) is 12.1 Å². The molecular weight excluding hydrogens is 318 g/mol. The number of carbonyl (C=O) groups excluding carboxylic acids is 2. The maximum atomic E-state index is 11.5. The van der Waals surface area contributed by atoms with Gasteiger partial charge in [0.25, 0.3) is 5.69 Å². The molecule has 1 aromatic carbocycles. The first kappa shape index (κ1) is 18.9. The van der Waals surface area contributed by atoms with Gasteiger partial charge in [-0.3, -0.25) is 20.7 Å². The van der Waals surface area contributed by atoms with Gasteiger partial charge in [0.1, 0.15) is 6.17 Å². The summed E-state index contributed by atoms with van der Waals surface area (Å²) in [5.41, 5.74) is 0.468. The molecular formula is C15H19N3O6. The molecule has 0 heterocycles. The van der Waals surface area contributed by atoms with Gasteiger partial charge in [0.2, 0.25) is 0 Å². The van der Waals surface area contributed by atoms with Crippen LogP contribution in [0.5, 0.6) is 0 Å². The number of ether oxygens (including phenoxy) is 2. The van der Waals surface area contributed by atoms with Gasteiger partial charge in [-0.15, -0.1) is 0 Å². The van der Waals surface area contributed by atoms with Gasteiger partial charge >= 0.3 is 12.2 Å². The zero-order chi connectivity index (χ0) is 17.9. The molecule has 0 radical (unpaired) electrons. The molecule has 130 valence electrons. The van der Waals surface area contributed by atoms with Crippen LogP contribution >= 0.6 is 0 Å². The fraction of sp³-hybridized carbons (Fsp3) is 0.333. The maximum Gasteiger partial charge on any atom is 0.408 e. The molecule has 9 nitrogen and oxygen atoms in total. The lowest BCUT2D eigenvalue weighted by molar-refractivity contribution is -0.384. The minimum atomic E-state index is -0.901. The fourth-order valence-corrected chi connectivity index (χ4v) is 1.68. The lowest BCUT2D eigenvalue weighted by Gasteiger charge is -2.16. The SMILES string of the molecule is CCOC(=O)NC(C=Cc1cccc([N+](=O)[O-])c1)NC(=O)OCC. The number of alkyl carbamates (subject to hydrolysis) is 2. The van der Waals surface area contributed by atoms with E-state index < -0.39 is 23.3 Å². The summed E-state index contributed by atoms with van der Waals surface area (Å²) in [5, 5.41) is 15.6. The molecule has 0 aliphatic heterocycles. The number of benzene rings is 1. The molecule has 0 aromatic heterocycles. The van der Waals surface area contributed by atoms with Gasteiger partial charge in [-0.05, 0) is 25.5 Å². The van der Waals surface area contributed by atoms with Crippen LogP contribution in [-0.4, -0.2) is 36.5 Å². The second kappa shape index (κ2) is 9.82. The lowest BCUT2D eigenvalue weighted by atomic mass is 10.2. The Bertz CT molecular complexity index is 597. The van der Waals surface area contributed by atoms with Crippen molar-refractivity contribution in [3.63, 3.8) is 0 Å². The quantitative estimate of drug-likeness (QED) is 0.448. The lowest BCUT2D eigenvalue weighted by Crippen LogP contribution is -2.47. The van der Waals surface area contributed by atoms with Crippen LogP contribution in [0.25, 0.3) is 6.08 Å². The zero-order valence-electron chi connectivity index (χ0n) is 13.4. The third-order valence-electron chi connectivity index (χ3n) is 2.66. The van der Waals surface area contributed by atoms with E-state index in [1.807, 2.05) is 0 Å².